The summed E-state index contributed by atoms with van der Waals surface area (Å²) >= 11 is 0. The van der Waals surface area contributed by atoms with Gasteiger partial charge < -0.3 is 14.8 Å². The Morgan fingerprint density at radius 2 is 1.61 bits per heavy atom. The molecule has 1 aromatic heterocycles. The average Bonchev–Trinajstić information content (AvgIpc) is 3.26. The maximum atomic E-state index is 12.5. The van der Waals surface area contributed by atoms with Crippen molar-refractivity contribution in [3.63, 3.8) is 0 Å². The molecule has 1 N–H and O–H groups in total. The first-order chi connectivity index (χ1) is 13.7. The van der Waals surface area contributed by atoms with Crippen LogP contribution in [-0.4, -0.2) is 28.6 Å². The van der Waals surface area contributed by atoms with E-state index in [1.807, 2.05) is 48.2 Å². The van der Waals surface area contributed by atoms with Crippen LogP contribution in [0, 0.1) is 12.8 Å². The second kappa shape index (κ2) is 8.34. The van der Waals surface area contributed by atoms with Crippen LogP contribution in [0.1, 0.15) is 24.0 Å². The molecule has 4 rings (SSSR count). The predicted molar refractivity (Wildman–Crippen MR) is 114 cm³/mol. The van der Waals surface area contributed by atoms with Crippen molar-refractivity contribution < 1.29 is 4.79 Å². The molecular formula is C24H27N3O. The first-order valence-electron chi connectivity index (χ1n) is 10.0. The van der Waals surface area contributed by atoms with Crippen LogP contribution >= 0.6 is 0 Å². The highest BCUT2D eigenvalue weighted by Crippen LogP contribution is 2.23. The number of likely N-dealkylation sites (tertiary alicyclic amines) is 1. The summed E-state index contributed by atoms with van der Waals surface area (Å²) in [5.74, 6) is 0.640. The normalized spacial score (nSPS) is 14.8. The van der Waals surface area contributed by atoms with E-state index in [1.165, 1.54) is 16.8 Å². The Hall–Kier alpha value is -3.01. The molecule has 1 aliphatic rings. The van der Waals surface area contributed by atoms with Gasteiger partial charge >= 0.3 is 6.03 Å². The third kappa shape index (κ3) is 4.45. The molecule has 144 valence electrons. The number of benzene rings is 2. The van der Waals surface area contributed by atoms with Gasteiger partial charge in [-0.3, -0.25) is 0 Å². The van der Waals surface area contributed by atoms with E-state index in [2.05, 4.69) is 46.5 Å². The van der Waals surface area contributed by atoms with Crippen LogP contribution in [-0.2, 0) is 6.42 Å². The first kappa shape index (κ1) is 18.4. The van der Waals surface area contributed by atoms with Gasteiger partial charge in [0.1, 0.15) is 0 Å². The minimum atomic E-state index is 0.0124. The molecule has 28 heavy (non-hydrogen) atoms. The number of urea groups is 1. The van der Waals surface area contributed by atoms with Gasteiger partial charge in [-0.1, -0.05) is 29.8 Å². The summed E-state index contributed by atoms with van der Waals surface area (Å²) in [6.45, 7) is 3.69. The SMILES string of the molecule is Cc1ccc(NC(=O)N2CCC(Cc3ccc(-n4cccc4)cc3)CC2)cc1. The molecule has 2 heterocycles. The van der Waals surface area contributed by atoms with Crippen LogP contribution < -0.4 is 5.32 Å². The largest absolute Gasteiger partial charge is 0.325 e. The summed E-state index contributed by atoms with van der Waals surface area (Å²) in [7, 11) is 0. The van der Waals surface area contributed by atoms with Crippen molar-refractivity contribution in [2.75, 3.05) is 18.4 Å². The summed E-state index contributed by atoms with van der Waals surface area (Å²) < 4.78 is 2.12. The number of aryl methyl sites for hydroxylation is 1. The molecule has 1 fully saturated rings. The molecule has 0 aliphatic carbocycles. The Bertz CT molecular complexity index is 890. The number of carbonyl (C=O) groups is 1. The van der Waals surface area contributed by atoms with Crippen LogP contribution in [0.2, 0.25) is 0 Å². The van der Waals surface area contributed by atoms with E-state index < -0.39 is 0 Å². The number of nitrogens with zero attached hydrogens (tertiary/aromatic N) is 2. The highest BCUT2D eigenvalue weighted by molar-refractivity contribution is 5.89. The van der Waals surface area contributed by atoms with Gasteiger partial charge in [-0.05, 0) is 74.1 Å². The van der Waals surface area contributed by atoms with Gasteiger partial charge in [0.2, 0.25) is 0 Å². The average molecular weight is 374 g/mol. The summed E-state index contributed by atoms with van der Waals surface area (Å²) in [6, 6.07) is 20.9. The summed E-state index contributed by atoms with van der Waals surface area (Å²) in [5, 5.41) is 3.01. The van der Waals surface area contributed by atoms with Crippen LogP contribution in [0.25, 0.3) is 5.69 Å². The monoisotopic (exact) mass is 373 g/mol. The summed E-state index contributed by atoms with van der Waals surface area (Å²) in [4.78, 5) is 14.4. The molecule has 0 spiro atoms. The standard InChI is InChI=1S/C24H27N3O/c1-19-4-8-22(9-5-19)25-24(28)27-16-12-21(13-17-27)18-20-6-10-23(11-7-20)26-14-2-3-15-26/h2-11,14-15,21H,12-13,16-18H2,1H3,(H,25,28). The minimum Gasteiger partial charge on any atom is -0.325 e. The Morgan fingerprint density at radius 3 is 2.25 bits per heavy atom. The lowest BCUT2D eigenvalue weighted by Crippen LogP contribution is -2.41. The molecule has 0 saturated carbocycles. The number of nitrogens with one attached hydrogen (secondary N) is 1. The lowest BCUT2D eigenvalue weighted by Gasteiger charge is -2.32. The summed E-state index contributed by atoms with van der Waals surface area (Å²) in [5.41, 5.74) is 4.62. The molecule has 2 amide bonds. The number of hydrogen-bond donors (Lipinski definition) is 1. The van der Waals surface area contributed by atoms with Crippen LogP contribution in [0.4, 0.5) is 10.5 Å². The zero-order valence-electron chi connectivity index (χ0n) is 16.3. The fourth-order valence-electron chi connectivity index (χ4n) is 3.82. The minimum absolute atomic E-state index is 0.0124. The molecule has 1 aliphatic heterocycles. The van der Waals surface area contributed by atoms with Crippen molar-refractivity contribution in [3.8, 4) is 5.69 Å². The first-order valence-corrected chi connectivity index (χ1v) is 10.0. The van der Waals surface area contributed by atoms with Crippen molar-refractivity contribution in [1.29, 1.82) is 0 Å². The highest BCUT2D eigenvalue weighted by atomic mass is 16.2. The highest BCUT2D eigenvalue weighted by Gasteiger charge is 2.23. The van der Waals surface area contributed by atoms with Gasteiger partial charge in [0.25, 0.3) is 0 Å². The Balaban J connectivity index is 1.27. The van der Waals surface area contributed by atoms with E-state index in [-0.39, 0.29) is 6.03 Å². The molecule has 1 saturated heterocycles. The molecule has 0 bridgehead atoms. The van der Waals surface area contributed by atoms with Crippen molar-refractivity contribution in [2.45, 2.75) is 26.2 Å². The fourth-order valence-corrected chi connectivity index (χ4v) is 3.82. The topological polar surface area (TPSA) is 37.3 Å². The van der Waals surface area contributed by atoms with E-state index in [1.54, 1.807) is 0 Å². The van der Waals surface area contributed by atoms with E-state index in [0.29, 0.717) is 5.92 Å². The Morgan fingerprint density at radius 1 is 0.964 bits per heavy atom. The fraction of sp³-hybridized carbons (Fsp3) is 0.292. The maximum Gasteiger partial charge on any atom is 0.321 e. The molecule has 3 aromatic rings. The predicted octanol–water partition coefficient (Wildman–Crippen LogP) is 5.27. The van der Waals surface area contributed by atoms with Gasteiger partial charge in [0.15, 0.2) is 0 Å². The number of carbonyl (C=O) groups excluding carboxylic acids is 1. The van der Waals surface area contributed by atoms with Gasteiger partial charge in [-0.25, -0.2) is 4.79 Å². The molecule has 0 unspecified atom stereocenters. The van der Waals surface area contributed by atoms with Crippen molar-refractivity contribution in [1.82, 2.24) is 9.47 Å². The number of hydrogen-bond acceptors (Lipinski definition) is 1. The number of anilines is 1. The molecule has 0 radical (unpaired) electrons. The summed E-state index contributed by atoms with van der Waals surface area (Å²) in [6.07, 6.45) is 7.32. The van der Waals surface area contributed by atoms with Gasteiger partial charge in [-0.2, -0.15) is 0 Å². The van der Waals surface area contributed by atoms with Gasteiger partial charge in [0, 0.05) is 36.9 Å². The molecule has 2 aromatic carbocycles. The van der Waals surface area contributed by atoms with E-state index in [9.17, 15) is 4.79 Å². The number of amides is 2. The number of piperidine rings is 1. The van der Waals surface area contributed by atoms with Crippen LogP contribution in [0.3, 0.4) is 0 Å². The van der Waals surface area contributed by atoms with E-state index in [0.717, 1.165) is 38.0 Å². The number of aromatic nitrogens is 1. The zero-order valence-corrected chi connectivity index (χ0v) is 16.3. The second-order valence-corrected chi connectivity index (χ2v) is 7.69. The quantitative estimate of drug-likeness (QED) is 0.664. The van der Waals surface area contributed by atoms with Gasteiger partial charge in [-0.15, -0.1) is 0 Å². The van der Waals surface area contributed by atoms with Crippen LogP contribution in [0.15, 0.2) is 73.1 Å². The molecule has 0 atom stereocenters. The smallest absolute Gasteiger partial charge is 0.321 e. The van der Waals surface area contributed by atoms with Crippen molar-refractivity contribution >= 4 is 11.7 Å². The van der Waals surface area contributed by atoms with E-state index >= 15 is 0 Å². The Labute approximate surface area is 166 Å². The molecular weight excluding hydrogens is 346 g/mol. The van der Waals surface area contributed by atoms with E-state index in [4.69, 9.17) is 0 Å². The third-order valence-electron chi connectivity index (χ3n) is 5.57. The lowest BCUT2D eigenvalue weighted by molar-refractivity contribution is 0.182. The second-order valence-electron chi connectivity index (χ2n) is 7.69. The third-order valence-corrected chi connectivity index (χ3v) is 5.57. The molecule has 4 nitrogen and oxygen atoms in total. The van der Waals surface area contributed by atoms with Gasteiger partial charge in [0.05, 0.1) is 0 Å². The van der Waals surface area contributed by atoms with Crippen molar-refractivity contribution in [2.24, 2.45) is 5.92 Å². The maximum absolute atomic E-state index is 12.5. The van der Waals surface area contributed by atoms with Crippen molar-refractivity contribution in [3.05, 3.63) is 84.2 Å². The van der Waals surface area contributed by atoms with Crippen LogP contribution in [0.5, 0.6) is 0 Å². The zero-order chi connectivity index (χ0) is 19.3. The lowest BCUT2D eigenvalue weighted by atomic mass is 9.90. The molecule has 4 heteroatoms. The number of rotatable bonds is 4. The Kier molecular flexibility index (Phi) is 5.47.